The van der Waals surface area contributed by atoms with E-state index in [-0.39, 0.29) is 5.56 Å². The molecule has 4 rings (SSSR count). The fourth-order valence-corrected chi connectivity index (χ4v) is 3.90. The Hall–Kier alpha value is -3.43. The van der Waals surface area contributed by atoms with Crippen LogP contribution in [0.25, 0.3) is 17.0 Å². The number of fused-ring (bicyclic) bond motifs is 1. The van der Waals surface area contributed by atoms with Crippen LogP contribution < -0.4 is 10.5 Å². The number of piperazine rings is 1. The van der Waals surface area contributed by atoms with Crippen molar-refractivity contribution >= 4 is 22.7 Å². The molecule has 0 spiro atoms. The molecule has 1 N–H and O–H groups in total. The Kier molecular flexibility index (Phi) is 5.64. The van der Waals surface area contributed by atoms with Crippen molar-refractivity contribution in [1.82, 2.24) is 14.9 Å². The summed E-state index contributed by atoms with van der Waals surface area (Å²) in [6.45, 7) is 8.08. The molecule has 6 nitrogen and oxygen atoms in total. The minimum atomic E-state index is -0.0935. The molecule has 1 aliphatic heterocycles. The molecule has 2 heterocycles. The van der Waals surface area contributed by atoms with Crippen molar-refractivity contribution in [3.8, 4) is 6.07 Å². The number of nitriles is 1. The van der Waals surface area contributed by atoms with E-state index in [9.17, 15) is 10.1 Å². The molecule has 0 saturated carbocycles. The number of aromatic amines is 1. The van der Waals surface area contributed by atoms with Gasteiger partial charge in [-0.15, -0.1) is 0 Å². The quantitative estimate of drug-likeness (QED) is 0.726. The van der Waals surface area contributed by atoms with E-state index < -0.39 is 0 Å². The summed E-state index contributed by atoms with van der Waals surface area (Å²) < 4.78 is 0. The molecule has 30 heavy (non-hydrogen) atoms. The van der Waals surface area contributed by atoms with Crippen molar-refractivity contribution in [2.75, 3.05) is 31.1 Å². The Labute approximate surface area is 176 Å². The van der Waals surface area contributed by atoms with Crippen LogP contribution in [-0.2, 0) is 6.54 Å². The first-order chi connectivity index (χ1) is 14.5. The molecule has 0 radical (unpaired) electrons. The lowest BCUT2D eigenvalue weighted by atomic mass is 10.1. The molecule has 0 bridgehead atoms. The van der Waals surface area contributed by atoms with Gasteiger partial charge in [0.2, 0.25) is 0 Å². The molecule has 1 fully saturated rings. The van der Waals surface area contributed by atoms with Crippen LogP contribution in [0.1, 0.15) is 30.8 Å². The summed E-state index contributed by atoms with van der Waals surface area (Å²) in [6.07, 6.45) is 2.13. The number of para-hydroxylation sites is 1. The van der Waals surface area contributed by atoms with Gasteiger partial charge in [-0.05, 0) is 43.7 Å². The van der Waals surface area contributed by atoms with Crippen molar-refractivity contribution in [3.63, 3.8) is 0 Å². The van der Waals surface area contributed by atoms with Gasteiger partial charge >= 0.3 is 0 Å². The van der Waals surface area contributed by atoms with Crippen molar-refractivity contribution in [2.45, 2.75) is 20.4 Å². The molecule has 6 heteroatoms. The maximum atomic E-state index is 12.3. The average molecular weight is 399 g/mol. The Morgan fingerprint density at radius 2 is 1.93 bits per heavy atom. The number of nitrogens with zero attached hydrogens (tertiary/aromatic N) is 4. The van der Waals surface area contributed by atoms with Crippen LogP contribution in [-0.4, -0.2) is 41.0 Å². The Morgan fingerprint density at radius 3 is 2.67 bits per heavy atom. The van der Waals surface area contributed by atoms with Gasteiger partial charge in [0.25, 0.3) is 5.56 Å². The fourth-order valence-electron chi connectivity index (χ4n) is 3.90. The van der Waals surface area contributed by atoms with Crippen molar-refractivity contribution < 1.29 is 0 Å². The SMILES string of the molecule is CC(C)=Cc1ccc(C#N)c(N2CCN(Cc3nc4ccccc4c(=O)[nH]3)CC2)c1. The molecule has 1 aromatic heterocycles. The normalized spacial score (nSPS) is 14.5. The Morgan fingerprint density at radius 1 is 1.17 bits per heavy atom. The van der Waals surface area contributed by atoms with E-state index in [1.54, 1.807) is 6.07 Å². The van der Waals surface area contributed by atoms with Gasteiger partial charge in [0.05, 0.1) is 28.7 Å². The summed E-state index contributed by atoms with van der Waals surface area (Å²) >= 11 is 0. The number of hydrogen-bond acceptors (Lipinski definition) is 5. The molecule has 2 aromatic carbocycles. The second-order valence-electron chi connectivity index (χ2n) is 7.90. The van der Waals surface area contributed by atoms with Crippen molar-refractivity contribution in [3.05, 3.63) is 75.3 Å². The third kappa shape index (κ3) is 4.27. The topological polar surface area (TPSA) is 76.0 Å². The first-order valence-corrected chi connectivity index (χ1v) is 10.2. The molecular formula is C24H25N5O. The van der Waals surface area contributed by atoms with Crippen LogP contribution in [0.2, 0.25) is 0 Å². The van der Waals surface area contributed by atoms with E-state index in [2.05, 4.69) is 51.8 Å². The Balaban J connectivity index is 1.48. The highest BCUT2D eigenvalue weighted by atomic mass is 16.1. The number of benzene rings is 2. The van der Waals surface area contributed by atoms with E-state index in [1.807, 2.05) is 30.3 Å². The summed E-state index contributed by atoms with van der Waals surface area (Å²) in [5.74, 6) is 0.690. The molecule has 0 aliphatic carbocycles. The van der Waals surface area contributed by atoms with Crippen LogP contribution in [0.3, 0.4) is 0 Å². The van der Waals surface area contributed by atoms with Gasteiger partial charge < -0.3 is 9.88 Å². The number of anilines is 1. The van der Waals surface area contributed by atoms with Gasteiger partial charge in [-0.25, -0.2) is 4.98 Å². The van der Waals surface area contributed by atoms with Crippen LogP contribution in [0, 0.1) is 11.3 Å². The number of nitrogens with one attached hydrogen (secondary N) is 1. The predicted octanol–water partition coefficient (Wildman–Crippen LogP) is 3.54. The predicted molar refractivity (Wildman–Crippen MR) is 120 cm³/mol. The van der Waals surface area contributed by atoms with E-state index >= 15 is 0 Å². The largest absolute Gasteiger partial charge is 0.368 e. The van der Waals surface area contributed by atoms with Gasteiger partial charge in [0.15, 0.2) is 0 Å². The zero-order valence-electron chi connectivity index (χ0n) is 17.4. The lowest BCUT2D eigenvalue weighted by Gasteiger charge is -2.36. The Bertz CT molecular complexity index is 1190. The van der Waals surface area contributed by atoms with Crippen LogP contribution >= 0.6 is 0 Å². The minimum Gasteiger partial charge on any atom is -0.368 e. The molecule has 0 unspecified atom stereocenters. The molecular weight excluding hydrogens is 374 g/mol. The maximum Gasteiger partial charge on any atom is 0.258 e. The number of allylic oxidation sites excluding steroid dienone is 1. The van der Waals surface area contributed by atoms with Gasteiger partial charge in [-0.3, -0.25) is 9.69 Å². The van der Waals surface area contributed by atoms with Crippen LogP contribution in [0.5, 0.6) is 0 Å². The smallest absolute Gasteiger partial charge is 0.258 e. The molecule has 0 amide bonds. The molecule has 3 aromatic rings. The highest BCUT2D eigenvalue weighted by Crippen LogP contribution is 2.25. The summed E-state index contributed by atoms with van der Waals surface area (Å²) in [5, 5.41) is 10.2. The lowest BCUT2D eigenvalue weighted by molar-refractivity contribution is 0.244. The van der Waals surface area contributed by atoms with Crippen molar-refractivity contribution in [1.29, 1.82) is 5.26 Å². The second-order valence-corrected chi connectivity index (χ2v) is 7.90. The van der Waals surface area contributed by atoms with E-state index in [4.69, 9.17) is 0 Å². The van der Waals surface area contributed by atoms with Crippen LogP contribution in [0.15, 0.2) is 52.8 Å². The number of hydrogen-bond donors (Lipinski definition) is 1. The standard InChI is InChI=1S/C24H25N5O/c1-17(2)13-18-7-8-19(15-25)22(14-18)29-11-9-28(10-12-29)16-23-26-21-6-4-3-5-20(21)24(30)27-23/h3-8,13-14H,9-12,16H2,1-2H3,(H,26,27,30). The zero-order chi connectivity index (χ0) is 21.1. The molecule has 1 saturated heterocycles. The lowest BCUT2D eigenvalue weighted by Crippen LogP contribution is -2.46. The number of H-pyrrole nitrogens is 1. The third-order valence-electron chi connectivity index (χ3n) is 5.35. The van der Waals surface area contributed by atoms with Gasteiger partial charge in [0.1, 0.15) is 11.9 Å². The highest BCUT2D eigenvalue weighted by Gasteiger charge is 2.20. The van der Waals surface area contributed by atoms with Gasteiger partial charge in [-0.1, -0.05) is 29.8 Å². The van der Waals surface area contributed by atoms with Crippen LogP contribution in [0.4, 0.5) is 5.69 Å². The molecule has 1 aliphatic rings. The third-order valence-corrected chi connectivity index (χ3v) is 5.35. The summed E-state index contributed by atoms with van der Waals surface area (Å²) in [4.78, 5) is 24.4. The van der Waals surface area contributed by atoms with E-state index in [0.717, 1.165) is 42.9 Å². The summed E-state index contributed by atoms with van der Waals surface area (Å²) in [7, 11) is 0. The number of aromatic nitrogens is 2. The monoisotopic (exact) mass is 399 g/mol. The zero-order valence-corrected chi connectivity index (χ0v) is 17.4. The summed E-state index contributed by atoms with van der Waals surface area (Å²) in [5.41, 5.74) is 4.67. The number of rotatable bonds is 4. The maximum absolute atomic E-state index is 12.3. The molecule has 0 atom stereocenters. The van der Waals surface area contributed by atoms with Gasteiger partial charge in [0, 0.05) is 26.2 Å². The second kappa shape index (κ2) is 8.52. The highest BCUT2D eigenvalue weighted by molar-refractivity contribution is 5.77. The summed E-state index contributed by atoms with van der Waals surface area (Å²) in [6, 6.07) is 15.7. The first kappa shape index (κ1) is 19.9. The molecule has 152 valence electrons. The van der Waals surface area contributed by atoms with Crippen molar-refractivity contribution in [2.24, 2.45) is 0 Å². The first-order valence-electron chi connectivity index (χ1n) is 10.2. The average Bonchev–Trinajstić information content (AvgIpc) is 2.74. The van der Waals surface area contributed by atoms with E-state index in [0.29, 0.717) is 23.3 Å². The van der Waals surface area contributed by atoms with E-state index in [1.165, 1.54) is 5.57 Å². The minimum absolute atomic E-state index is 0.0935. The van der Waals surface area contributed by atoms with Gasteiger partial charge in [-0.2, -0.15) is 5.26 Å². The fraction of sp³-hybridized carbons (Fsp3) is 0.292.